The second-order valence-electron chi connectivity index (χ2n) is 6.80. The maximum absolute atomic E-state index is 8.92. The number of anilines is 1. The molecule has 0 bridgehead atoms. The third-order valence-corrected chi connectivity index (χ3v) is 4.77. The zero-order valence-corrected chi connectivity index (χ0v) is 13.7. The van der Waals surface area contributed by atoms with Crippen molar-refractivity contribution in [1.82, 2.24) is 15.5 Å². The minimum atomic E-state index is 0.647. The normalized spacial score (nSPS) is 17.4. The molecule has 0 amide bonds. The van der Waals surface area contributed by atoms with Crippen molar-refractivity contribution < 1.29 is 0 Å². The molecule has 5 heteroatoms. The number of benzene rings is 1. The number of nitriles is 1. The number of hydrogen-bond acceptors (Lipinski definition) is 5. The van der Waals surface area contributed by atoms with E-state index in [9.17, 15) is 0 Å². The minimum Gasteiger partial charge on any atom is -0.354 e. The van der Waals surface area contributed by atoms with E-state index in [1.54, 1.807) is 0 Å². The molecule has 1 aliphatic heterocycles. The van der Waals surface area contributed by atoms with Crippen LogP contribution in [0.5, 0.6) is 0 Å². The van der Waals surface area contributed by atoms with Crippen LogP contribution in [0.15, 0.2) is 36.4 Å². The fourth-order valence-corrected chi connectivity index (χ4v) is 3.16. The lowest BCUT2D eigenvalue weighted by Crippen LogP contribution is -2.51. The highest BCUT2D eigenvalue weighted by atomic mass is 15.3. The second-order valence-corrected chi connectivity index (χ2v) is 6.80. The van der Waals surface area contributed by atoms with Gasteiger partial charge in [0.1, 0.15) is 0 Å². The zero-order valence-electron chi connectivity index (χ0n) is 13.7. The predicted octanol–water partition coefficient (Wildman–Crippen LogP) is 2.45. The van der Waals surface area contributed by atoms with Gasteiger partial charge in [-0.05, 0) is 42.7 Å². The molecule has 1 aromatic heterocycles. The van der Waals surface area contributed by atoms with Gasteiger partial charge in [0, 0.05) is 38.0 Å². The van der Waals surface area contributed by atoms with Crippen molar-refractivity contribution >= 4 is 5.82 Å². The summed E-state index contributed by atoms with van der Waals surface area (Å²) in [4.78, 5) is 2.28. The Hall–Kier alpha value is -2.45. The molecule has 1 saturated carbocycles. The molecule has 4 rings (SSSR count). The molecular weight excluding hydrogens is 298 g/mol. The molecule has 0 unspecified atom stereocenters. The van der Waals surface area contributed by atoms with Crippen molar-refractivity contribution in [2.45, 2.75) is 25.3 Å². The first-order valence-electron chi connectivity index (χ1n) is 8.60. The van der Waals surface area contributed by atoms with Crippen molar-refractivity contribution in [2.75, 3.05) is 24.5 Å². The summed E-state index contributed by atoms with van der Waals surface area (Å²) >= 11 is 0. The number of rotatable bonds is 6. The highest BCUT2D eigenvalue weighted by Crippen LogP contribution is 2.38. The molecule has 0 atom stereocenters. The Morgan fingerprint density at radius 3 is 2.75 bits per heavy atom. The lowest BCUT2D eigenvalue weighted by atomic mass is 10.00. The Labute approximate surface area is 142 Å². The first kappa shape index (κ1) is 15.1. The maximum atomic E-state index is 8.92. The van der Waals surface area contributed by atoms with E-state index in [-0.39, 0.29) is 0 Å². The molecule has 24 heavy (non-hydrogen) atoms. The van der Waals surface area contributed by atoms with Crippen LogP contribution in [-0.2, 0) is 6.54 Å². The zero-order chi connectivity index (χ0) is 16.4. The van der Waals surface area contributed by atoms with E-state index in [1.165, 1.54) is 12.8 Å². The van der Waals surface area contributed by atoms with E-state index >= 15 is 0 Å². The van der Waals surface area contributed by atoms with Gasteiger partial charge in [0.15, 0.2) is 5.82 Å². The summed E-state index contributed by atoms with van der Waals surface area (Å²) in [5.74, 6) is 2.31. The van der Waals surface area contributed by atoms with Gasteiger partial charge in [-0.25, -0.2) is 0 Å². The predicted molar refractivity (Wildman–Crippen MR) is 92.6 cm³/mol. The molecule has 2 heterocycles. The summed E-state index contributed by atoms with van der Waals surface area (Å²) < 4.78 is 0. The molecule has 0 spiro atoms. The van der Waals surface area contributed by atoms with Crippen molar-refractivity contribution in [3.8, 4) is 6.07 Å². The van der Waals surface area contributed by atoms with Crippen LogP contribution in [-0.4, -0.2) is 29.8 Å². The SMILES string of the molecule is N#Cc1cccc(CNCC2CN(c3ccc(C4CC4)nn3)C2)c1. The van der Waals surface area contributed by atoms with Crippen molar-refractivity contribution in [1.29, 1.82) is 5.26 Å². The Morgan fingerprint density at radius 2 is 2.04 bits per heavy atom. The summed E-state index contributed by atoms with van der Waals surface area (Å²) in [5, 5.41) is 21.1. The van der Waals surface area contributed by atoms with Crippen LogP contribution in [0.4, 0.5) is 5.82 Å². The highest BCUT2D eigenvalue weighted by Gasteiger charge is 2.29. The highest BCUT2D eigenvalue weighted by molar-refractivity contribution is 5.41. The van der Waals surface area contributed by atoms with Crippen LogP contribution in [0, 0.1) is 17.2 Å². The van der Waals surface area contributed by atoms with E-state index in [0.29, 0.717) is 11.8 Å². The topological polar surface area (TPSA) is 64.8 Å². The van der Waals surface area contributed by atoms with E-state index in [1.807, 2.05) is 18.2 Å². The van der Waals surface area contributed by atoms with Crippen molar-refractivity contribution in [2.24, 2.45) is 5.92 Å². The van der Waals surface area contributed by atoms with Gasteiger partial charge in [-0.3, -0.25) is 0 Å². The molecule has 1 saturated heterocycles. The van der Waals surface area contributed by atoms with Crippen LogP contribution >= 0.6 is 0 Å². The lowest BCUT2D eigenvalue weighted by Gasteiger charge is -2.40. The fourth-order valence-electron chi connectivity index (χ4n) is 3.16. The summed E-state index contributed by atoms with van der Waals surface area (Å²) in [6.07, 6.45) is 2.53. The van der Waals surface area contributed by atoms with Crippen LogP contribution in [0.1, 0.15) is 35.6 Å². The quantitative estimate of drug-likeness (QED) is 0.886. The molecular formula is C19H21N5. The van der Waals surface area contributed by atoms with Gasteiger partial charge in [0.25, 0.3) is 0 Å². The molecule has 2 aliphatic rings. The van der Waals surface area contributed by atoms with Gasteiger partial charge in [0.2, 0.25) is 0 Å². The van der Waals surface area contributed by atoms with E-state index in [2.05, 4.69) is 44.7 Å². The number of nitrogens with one attached hydrogen (secondary N) is 1. The monoisotopic (exact) mass is 319 g/mol. The van der Waals surface area contributed by atoms with E-state index in [4.69, 9.17) is 5.26 Å². The lowest BCUT2D eigenvalue weighted by molar-refractivity contribution is 0.381. The molecule has 2 aromatic rings. The van der Waals surface area contributed by atoms with Gasteiger partial charge >= 0.3 is 0 Å². The largest absolute Gasteiger partial charge is 0.354 e. The summed E-state index contributed by atoms with van der Waals surface area (Å²) in [6, 6.07) is 14.2. The van der Waals surface area contributed by atoms with E-state index in [0.717, 1.165) is 48.8 Å². The summed E-state index contributed by atoms with van der Waals surface area (Å²) in [6.45, 7) is 3.86. The van der Waals surface area contributed by atoms with Gasteiger partial charge < -0.3 is 10.2 Å². The molecule has 122 valence electrons. The molecule has 5 nitrogen and oxygen atoms in total. The third kappa shape index (κ3) is 3.39. The van der Waals surface area contributed by atoms with Crippen LogP contribution in [0.2, 0.25) is 0 Å². The Kier molecular flexibility index (Phi) is 4.14. The van der Waals surface area contributed by atoms with Crippen molar-refractivity contribution in [3.05, 3.63) is 53.2 Å². The maximum Gasteiger partial charge on any atom is 0.151 e. The number of aromatic nitrogens is 2. The van der Waals surface area contributed by atoms with Crippen LogP contribution in [0.25, 0.3) is 0 Å². The number of hydrogen-bond donors (Lipinski definition) is 1. The standard InChI is InChI=1S/C19H21N5/c20-9-14-2-1-3-15(8-14)10-21-11-16-12-24(13-16)19-7-6-18(22-23-19)17-4-5-17/h1-3,6-8,16-17,21H,4-5,10-13H2. The number of nitrogens with zero attached hydrogens (tertiary/aromatic N) is 4. The van der Waals surface area contributed by atoms with Gasteiger partial charge in [-0.15, -0.1) is 5.10 Å². The summed E-state index contributed by atoms with van der Waals surface area (Å²) in [7, 11) is 0. The van der Waals surface area contributed by atoms with Gasteiger partial charge in [-0.1, -0.05) is 12.1 Å². The third-order valence-electron chi connectivity index (χ3n) is 4.77. The first-order chi connectivity index (χ1) is 11.8. The van der Waals surface area contributed by atoms with Gasteiger partial charge in [0.05, 0.1) is 17.3 Å². The van der Waals surface area contributed by atoms with Crippen LogP contribution in [0.3, 0.4) is 0 Å². The molecule has 1 aliphatic carbocycles. The Bertz CT molecular complexity index is 739. The first-order valence-corrected chi connectivity index (χ1v) is 8.60. The molecule has 1 aromatic carbocycles. The Balaban J connectivity index is 1.21. The Morgan fingerprint density at radius 1 is 1.17 bits per heavy atom. The molecule has 0 radical (unpaired) electrons. The second kappa shape index (κ2) is 6.58. The smallest absolute Gasteiger partial charge is 0.151 e. The van der Waals surface area contributed by atoms with Crippen molar-refractivity contribution in [3.63, 3.8) is 0 Å². The fraction of sp³-hybridized carbons (Fsp3) is 0.421. The average Bonchev–Trinajstić information content (AvgIpc) is 3.42. The van der Waals surface area contributed by atoms with Gasteiger partial charge in [-0.2, -0.15) is 10.4 Å². The van der Waals surface area contributed by atoms with E-state index < -0.39 is 0 Å². The minimum absolute atomic E-state index is 0.647. The summed E-state index contributed by atoms with van der Waals surface area (Å²) in [5.41, 5.74) is 3.03. The average molecular weight is 319 g/mol. The molecule has 2 fully saturated rings. The van der Waals surface area contributed by atoms with Crippen LogP contribution < -0.4 is 10.2 Å². The molecule has 1 N–H and O–H groups in total.